The monoisotopic (exact) mass is 250 g/mol. The van der Waals surface area contributed by atoms with Crippen molar-refractivity contribution < 1.29 is 0 Å². The van der Waals surface area contributed by atoms with Gasteiger partial charge in [-0.3, -0.25) is 9.58 Å². The van der Waals surface area contributed by atoms with Crippen LogP contribution < -0.4 is 5.73 Å². The van der Waals surface area contributed by atoms with Crippen molar-refractivity contribution in [2.75, 3.05) is 13.1 Å². The minimum absolute atomic E-state index is 0.207. The lowest BCUT2D eigenvalue weighted by molar-refractivity contribution is 0.0887. The molecule has 0 bridgehead atoms. The number of aromatic nitrogens is 2. The summed E-state index contributed by atoms with van der Waals surface area (Å²) in [6.45, 7) is 11.9. The van der Waals surface area contributed by atoms with Crippen molar-refractivity contribution in [1.82, 2.24) is 14.7 Å². The summed E-state index contributed by atoms with van der Waals surface area (Å²) in [6.07, 6.45) is 3.15. The maximum Gasteiger partial charge on any atom is 0.0764 e. The molecule has 1 atom stereocenters. The molecule has 18 heavy (non-hydrogen) atoms. The Balaban J connectivity index is 1.97. The van der Waals surface area contributed by atoms with Crippen molar-refractivity contribution >= 4 is 0 Å². The first-order valence-electron chi connectivity index (χ1n) is 6.90. The van der Waals surface area contributed by atoms with Crippen LogP contribution in [-0.4, -0.2) is 33.8 Å². The van der Waals surface area contributed by atoms with E-state index in [9.17, 15) is 0 Å². The van der Waals surface area contributed by atoms with Crippen LogP contribution in [0, 0.1) is 5.41 Å². The standard InChI is InChI=1S/C14H26N4/c1-11(2)18-8-5-12(16-18)9-17-7-6-13(15)14(3,4)10-17/h5,8,11,13H,6-7,9-10,15H2,1-4H3. The first-order valence-corrected chi connectivity index (χ1v) is 6.90. The van der Waals surface area contributed by atoms with Crippen LogP contribution in [0.2, 0.25) is 0 Å². The highest BCUT2D eigenvalue weighted by Gasteiger charge is 2.33. The molecule has 0 radical (unpaired) electrons. The van der Waals surface area contributed by atoms with E-state index in [-0.39, 0.29) is 5.41 Å². The second-order valence-corrected chi connectivity index (χ2v) is 6.48. The summed E-state index contributed by atoms with van der Waals surface area (Å²) < 4.78 is 2.02. The molecule has 1 aliphatic rings. The molecule has 2 N–H and O–H groups in total. The van der Waals surface area contributed by atoms with Crippen LogP contribution in [0.25, 0.3) is 0 Å². The number of nitrogens with zero attached hydrogens (tertiary/aromatic N) is 3. The molecule has 0 aromatic carbocycles. The lowest BCUT2D eigenvalue weighted by Crippen LogP contribution is -2.52. The van der Waals surface area contributed by atoms with Gasteiger partial charge in [0.1, 0.15) is 0 Å². The van der Waals surface area contributed by atoms with Crippen molar-refractivity contribution in [1.29, 1.82) is 0 Å². The van der Waals surface area contributed by atoms with Gasteiger partial charge in [-0.15, -0.1) is 0 Å². The molecule has 0 saturated carbocycles. The number of piperidine rings is 1. The van der Waals surface area contributed by atoms with Crippen LogP contribution in [0.5, 0.6) is 0 Å². The zero-order valence-corrected chi connectivity index (χ0v) is 12.1. The van der Waals surface area contributed by atoms with Crippen LogP contribution in [0.4, 0.5) is 0 Å². The molecular weight excluding hydrogens is 224 g/mol. The summed E-state index contributed by atoms with van der Waals surface area (Å²) >= 11 is 0. The SMILES string of the molecule is CC(C)n1ccc(CN2CCC(N)C(C)(C)C2)n1. The number of rotatable bonds is 3. The zero-order chi connectivity index (χ0) is 13.3. The summed E-state index contributed by atoms with van der Waals surface area (Å²) in [7, 11) is 0. The Morgan fingerprint density at radius 3 is 2.78 bits per heavy atom. The third kappa shape index (κ3) is 2.93. The van der Waals surface area contributed by atoms with Gasteiger partial charge in [-0.05, 0) is 31.7 Å². The minimum atomic E-state index is 0.207. The van der Waals surface area contributed by atoms with Gasteiger partial charge in [0.2, 0.25) is 0 Å². The summed E-state index contributed by atoms with van der Waals surface area (Å²) in [4.78, 5) is 2.47. The molecule has 0 amide bonds. The van der Waals surface area contributed by atoms with Crippen LogP contribution in [0.3, 0.4) is 0 Å². The van der Waals surface area contributed by atoms with Crippen molar-refractivity contribution in [3.8, 4) is 0 Å². The van der Waals surface area contributed by atoms with E-state index in [0.29, 0.717) is 12.1 Å². The Hall–Kier alpha value is -0.870. The minimum Gasteiger partial charge on any atom is -0.327 e. The second kappa shape index (κ2) is 5.02. The first-order chi connectivity index (χ1) is 8.38. The maximum atomic E-state index is 6.17. The summed E-state index contributed by atoms with van der Waals surface area (Å²) in [5.74, 6) is 0. The molecule has 0 aliphatic carbocycles. The number of hydrogen-bond acceptors (Lipinski definition) is 3. The molecule has 1 aromatic rings. The predicted octanol–water partition coefficient (Wildman–Crippen LogP) is 2.02. The highest BCUT2D eigenvalue weighted by molar-refractivity contribution is 5.01. The summed E-state index contributed by atoms with van der Waals surface area (Å²) in [6, 6.07) is 2.88. The fraction of sp³-hybridized carbons (Fsp3) is 0.786. The average Bonchev–Trinajstić information content (AvgIpc) is 2.72. The van der Waals surface area contributed by atoms with Gasteiger partial charge in [0.05, 0.1) is 5.69 Å². The van der Waals surface area contributed by atoms with Gasteiger partial charge in [0.15, 0.2) is 0 Å². The third-order valence-electron chi connectivity index (χ3n) is 3.97. The Morgan fingerprint density at radius 1 is 1.50 bits per heavy atom. The van der Waals surface area contributed by atoms with Crippen molar-refractivity contribution in [3.63, 3.8) is 0 Å². The zero-order valence-electron chi connectivity index (χ0n) is 12.1. The predicted molar refractivity (Wildman–Crippen MR) is 74.3 cm³/mol. The molecule has 1 unspecified atom stereocenters. The van der Waals surface area contributed by atoms with Gasteiger partial charge in [-0.1, -0.05) is 13.8 Å². The van der Waals surface area contributed by atoms with E-state index in [2.05, 4.69) is 50.0 Å². The third-order valence-corrected chi connectivity index (χ3v) is 3.97. The molecule has 1 aliphatic heterocycles. The molecular formula is C14H26N4. The molecule has 102 valence electrons. The van der Waals surface area contributed by atoms with E-state index in [0.717, 1.165) is 31.7 Å². The highest BCUT2D eigenvalue weighted by Crippen LogP contribution is 2.28. The number of likely N-dealkylation sites (tertiary alicyclic amines) is 1. The second-order valence-electron chi connectivity index (χ2n) is 6.48. The van der Waals surface area contributed by atoms with Crippen molar-refractivity contribution in [2.24, 2.45) is 11.1 Å². The van der Waals surface area contributed by atoms with Gasteiger partial charge in [0, 0.05) is 37.9 Å². The van der Waals surface area contributed by atoms with E-state index in [1.165, 1.54) is 0 Å². The van der Waals surface area contributed by atoms with Crippen LogP contribution in [0.1, 0.15) is 45.9 Å². The van der Waals surface area contributed by atoms with E-state index in [1.807, 2.05) is 4.68 Å². The first kappa shape index (κ1) is 13.6. The topological polar surface area (TPSA) is 47.1 Å². The normalized spacial score (nSPS) is 24.7. The Morgan fingerprint density at radius 2 is 2.22 bits per heavy atom. The molecule has 0 spiro atoms. The van der Waals surface area contributed by atoms with E-state index in [1.54, 1.807) is 0 Å². The Labute approximate surface area is 110 Å². The van der Waals surface area contributed by atoms with Gasteiger partial charge in [0.25, 0.3) is 0 Å². The lowest BCUT2D eigenvalue weighted by atomic mass is 9.80. The highest BCUT2D eigenvalue weighted by atomic mass is 15.3. The summed E-state index contributed by atoms with van der Waals surface area (Å²) in [5, 5.41) is 4.61. The van der Waals surface area contributed by atoms with Crippen LogP contribution in [0.15, 0.2) is 12.3 Å². The molecule has 1 saturated heterocycles. The molecule has 1 fully saturated rings. The largest absolute Gasteiger partial charge is 0.327 e. The van der Waals surface area contributed by atoms with Crippen molar-refractivity contribution in [2.45, 2.75) is 52.7 Å². The molecule has 1 aromatic heterocycles. The van der Waals surface area contributed by atoms with Crippen molar-refractivity contribution in [3.05, 3.63) is 18.0 Å². The van der Waals surface area contributed by atoms with E-state index < -0.39 is 0 Å². The van der Waals surface area contributed by atoms with Crippen LogP contribution in [-0.2, 0) is 6.54 Å². The van der Waals surface area contributed by atoms with Gasteiger partial charge in [-0.25, -0.2) is 0 Å². The quantitative estimate of drug-likeness (QED) is 0.893. The molecule has 2 heterocycles. The molecule has 4 heteroatoms. The van der Waals surface area contributed by atoms with Gasteiger partial charge < -0.3 is 5.73 Å². The Bertz CT molecular complexity index is 394. The number of nitrogens with two attached hydrogens (primary N) is 1. The van der Waals surface area contributed by atoms with Crippen LogP contribution >= 0.6 is 0 Å². The maximum absolute atomic E-state index is 6.17. The fourth-order valence-electron chi connectivity index (χ4n) is 2.60. The smallest absolute Gasteiger partial charge is 0.0764 e. The average molecular weight is 250 g/mol. The number of hydrogen-bond donors (Lipinski definition) is 1. The summed E-state index contributed by atoms with van der Waals surface area (Å²) in [5.41, 5.74) is 7.53. The van der Waals surface area contributed by atoms with Gasteiger partial charge >= 0.3 is 0 Å². The van der Waals surface area contributed by atoms with Gasteiger partial charge in [-0.2, -0.15) is 5.10 Å². The molecule has 2 rings (SSSR count). The molecule has 4 nitrogen and oxygen atoms in total. The van der Waals surface area contributed by atoms with E-state index >= 15 is 0 Å². The Kier molecular flexibility index (Phi) is 3.78. The lowest BCUT2D eigenvalue weighted by Gasteiger charge is -2.42. The fourth-order valence-corrected chi connectivity index (χ4v) is 2.60. The van der Waals surface area contributed by atoms with E-state index in [4.69, 9.17) is 5.73 Å².